The molecule has 0 fully saturated rings. The van der Waals surface area contributed by atoms with E-state index in [0.29, 0.717) is 41.1 Å². The molecule has 0 spiro atoms. The van der Waals surface area contributed by atoms with Crippen LogP contribution in [0.15, 0.2) is 48.0 Å². The lowest BCUT2D eigenvalue weighted by Crippen LogP contribution is -2.34. The molecule has 2 aromatic carbocycles. The first-order valence-corrected chi connectivity index (χ1v) is 8.30. The number of benzene rings is 2. The first-order chi connectivity index (χ1) is 12.5. The molecular weight excluding hydrogens is 338 g/mol. The van der Waals surface area contributed by atoms with Gasteiger partial charge in [-0.3, -0.25) is 4.79 Å². The Morgan fingerprint density at radius 1 is 1.12 bits per heavy atom. The molecule has 26 heavy (non-hydrogen) atoms. The second kappa shape index (κ2) is 7.66. The Morgan fingerprint density at radius 2 is 1.81 bits per heavy atom. The fourth-order valence-electron chi connectivity index (χ4n) is 2.83. The predicted molar refractivity (Wildman–Crippen MR) is 95.9 cm³/mol. The van der Waals surface area contributed by atoms with Gasteiger partial charge in [-0.1, -0.05) is 12.1 Å². The number of hydrogen-bond donors (Lipinski definition) is 1. The third-order valence-electron chi connectivity index (χ3n) is 4.14. The summed E-state index contributed by atoms with van der Waals surface area (Å²) >= 11 is 0. The number of nitrogens with one attached hydrogen (secondary N) is 1. The van der Waals surface area contributed by atoms with Crippen LogP contribution in [0.4, 0.5) is 8.78 Å². The Labute approximate surface area is 151 Å². The van der Waals surface area contributed by atoms with E-state index in [1.807, 2.05) is 19.0 Å². The third-order valence-corrected chi connectivity index (χ3v) is 4.14. The number of hydrogen-bond acceptors (Lipinski definition) is 3. The molecule has 3 rings (SSSR count). The quantitative estimate of drug-likeness (QED) is 0.894. The summed E-state index contributed by atoms with van der Waals surface area (Å²) in [7, 11) is 3.83. The molecule has 6 heteroatoms. The van der Waals surface area contributed by atoms with Crippen LogP contribution in [0.5, 0.6) is 5.75 Å². The van der Waals surface area contributed by atoms with Gasteiger partial charge >= 0.3 is 0 Å². The van der Waals surface area contributed by atoms with Crippen LogP contribution in [0.3, 0.4) is 0 Å². The molecule has 1 aliphatic rings. The molecule has 136 valence electrons. The number of halogens is 2. The molecule has 0 radical (unpaired) electrons. The predicted octanol–water partition coefficient (Wildman–Crippen LogP) is 2.84. The minimum absolute atomic E-state index is 0.0686. The standard InChI is InChI=1S/C20H20F2N2O2/c1-24(2)10-9-23-20(25)17-12-26-18-8-7-15(22)11-16(18)19(17)13-3-5-14(21)6-4-13/h3-8,11H,9-10,12H2,1-2H3,(H,23,25). The number of likely N-dealkylation sites (N-methyl/N-ethyl adjacent to an activating group) is 1. The highest BCUT2D eigenvalue weighted by atomic mass is 19.1. The van der Waals surface area contributed by atoms with Gasteiger partial charge in [-0.25, -0.2) is 8.78 Å². The molecule has 0 aromatic heterocycles. The zero-order valence-corrected chi connectivity index (χ0v) is 14.7. The number of carbonyl (C=O) groups excluding carboxylic acids is 1. The summed E-state index contributed by atoms with van der Waals surface area (Å²) in [6.07, 6.45) is 0. The minimum Gasteiger partial charge on any atom is -0.488 e. The molecule has 0 saturated carbocycles. The molecule has 1 amide bonds. The Morgan fingerprint density at radius 3 is 2.50 bits per heavy atom. The molecular formula is C20H20F2N2O2. The van der Waals surface area contributed by atoms with Crippen LogP contribution >= 0.6 is 0 Å². The average molecular weight is 358 g/mol. The summed E-state index contributed by atoms with van der Waals surface area (Å²) < 4.78 is 32.8. The molecule has 0 bridgehead atoms. The van der Waals surface area contributed by atoms with Crippen molar-refractivity contribution in [1.82, 2.24) is 10.2 Å². The lowest BCUT2D eigenvalue weighted by atomic mass is 9.90. The fourth-order valence-corrected chi connectivity index (χ4v) is 2.83. The highest BCUT2D eigenvalue weighted by Gasteiger charge is 2.26. The van der Waals surface area contributed by atoms with E-state index >= 15 is 0 Å². The van der Waals surface area contributed by atoms with E-state index < -0.39 is 5.82 Å². The molecule has 1 N–H and O–H groups in total. The van der Waals surface area contributed by atoms with Gasteiger partial charge < -0.3 is 15.0 Å². The minimum atomic E-state index is -0.429. The summed E-state index contributed by atoms with van der Waals surface area (Å²) in [6, 6.07) is 9.98. The van der Waals surface area contributed by atoms with Gasteiger partial charge in [0.05, 0.1) is 5.57 Å². The summed E-state index contributed by atoms with van der Waals surface area (Å²) in [6.45, 7) is 1.23. The van der Waals surface area contributed by atoms with Crippen molar-refractivity contribution in [2.24, 2.45) is 0 Å². The monoisotopic (exact) mass is 358 g/mol. The van der Waals surface area contributed by atoms with E-state index in [1.165, 1.54) is 30.3 Å². The SMILES string of the molecule is CN(C)CCNC(=O)C1=C(c2ccc(F)cc2)c2cc(F)ccc2OC1. The van der Waals surface area contributed by atoms with Crippen LogP contribution in [0, 0.1) is 11.6 Å². The highest BCUT2D eigenvalue weighted by Crippen LogP contribution is 2.37. The number of nitrogens with zero attached hydrogens (tertiary/aromatic N) is 1. The van der Waals surface area contributed by atoms with Crippen molar-refractivity contribution in [3.8, 4) is 5.75 Å². The van der Waals surface area contributed by atoms with Crippen LogP contribution in [0.2, 0.25) is 0 Å². The Hall–Kier alpha value is -2.73. The summed E-state index contributed by atoms with van der Waals surface area (Å²) in [4.78, 5) is 14.6. The fraction of sp³-hybridized carbons (Fsp3) is 0.250. The number of rotatable bonds is 5. The van der Waals surface area contributed by atoms with Gasteiger partial charge in [-0.2, -0.15) is 0 Å². The first-order valence-electron chi connectivity index (χ1n) is 8.30. The van der Waals surface area contributed by atoms with Crippen molar-refractivity contribution in [3.05, 3.63) is 70.8 Å². The lowest BCUT2D eigenvalue weighted by Gasteiger charge is -2.24. The molecule has 0 unspecified atom stereocenters. The smallest absolute Gasteiger partial charge is 0.251 e. The number of amides is 1. The molecule has 0 atom stereocenters. The van der Waals surface area contributed by atoms with Gasteiger partial charge in [0, 0.05) is 24.2 Å². The maximum Gasteiger partial charge on any atom is 0.251 e. The van der Waals surface area contributed by atoms with Gasteiger partial charge in [0.2, 0.25) is 0 Å². The lowest BCUT2D eigenvalue weighted by molar-refractivity contribution is -0.117. The molecule has 0 saturated heterocycles. The first kappa shape index (κ1) is 18.1. The second-order valence-corrected chi connectivity index (χ2v) is 6.35. The van der Waals surface area contributed by atoms with Crippen molar-refractivity contribution < 1.29 is 18.3 Å². The van der Waals surface area contributed by atoms with Crippen LogP contribution < -0.4 is 10.1 Å². The van der Waals surface area contributed by atoms with Gasteiger partial charge in [-0.15, -0.1) is 0 Å². The molecule has 4 nitrogen and oxygen atoms in total. The average Bonchev–Trinajstić information content (AvgIpc) is 2.61. The van der Waals surface area contributed by atoms with Crippen LogP contribution in [-0.2, 0) is 4.79 Å². The van der Waals surface area contributed by atoms with E-state index in [1.54, 1.807) is 12.1 Å². The molecule has 2 aromatic rings. The van der Waals surface area contributed by atoms with Crippen molar-refractivity contribution in [2.45, 2.75) is 0 Å². The Balaban J connectivity index is 2.04. The van der Waals surface area contributed by atoms with Crippen molar-refractivity contribution >= 4 is 11.5 Å². The van der Waals surface area contributed by atoms with Gasteiger partial charge in [0.1, 0.15) is 24.0 Å². The summed E-state index contributed by atoms with van der Waals surface area (Å²) in [5.41, 5.74) is 2.08. The molecule has 0 aliphatic carbocycles. The zero-order valence-electron chi connectivity index (χ0n) is 14.7. The zero-order chi connectivity index (χ0) is 18.7. The van der Waals surface area contributed by atoms with Crippen molar-refractivity contribution in [3.63, 3.8) is 0 Å². The van der Waals surface area contributed by atoms with E-state index in [4.69, 9.17) is 4.74 Å². The number of carbonyl (C=O) groups is 1. The Kier molecular flexibility index (Phi) is 5.32. The normalized spacial score (nSPS) is 13.4. The molecule has 1 heterocycles. The maximum atomic E-state index is 13.8. The molecule has 1 aliphatic heterocycles. The number of ether oxygens (including phenoxy) is 1. The largest absolute Gasteiger partial charge is 0.488 e. The topological polar surface area (TPSA) is 41.6 Å². The van der Waals surface area contributed by atoms with Crippen molar-refractivity contribution in [1.29, 1.82) is 0 Å². The van der Waals surface area contributed by atoms with E-state index in [2.05, 4.69) is 5.32 Å². The van der Waals surface area contributed by atoms with Crippen LogP contribution in [0.1, 0.15) is 11.1 Å². The second-order valence-electron chi connectivity index (χ2n) is 6.35. The van der Waals surface area contributed by atoms with E-state index in [9.17, 15) is 13.6 Å². The van der Waals surface area contributed by atoms with Crippen LogP contribution in [-0.4, -0.2) is 44.6 Å². The summed E-state index contributed by atoms with van der Waals surface area (Å²) in [5.74, 6) is -0.587. The van der Waals surface area contributed by atoms with Gasteiger partial charge in [-0.05, 0) is 50.0 Å². The maximum absolute atomic E-state index is 13.8. The third kappa shape index (κ3) is 3.91. The highest BCUT2D eigenvalue weighted by molar-refractivity contribution is 6.06. The number of fused-ring (bicyclic) bond motifs is 1. The van der Waals surface area contributed by atoms with E-state index in [0.717, 1.165) is 0 Å². The van der Waals surface area contributed by atoms with Gasteiger partial charge in [0.25, 0.3) is 5.91 Å². The van der Waals surface area contributed by atoms with Crippen molar-refractivity contribution in [2.75, 3.05) is 33.8 Å². The van der Waals surface area contributed by atoms with Gasteiger partial charge in [0.15, 0.2) is 0 Å². The summed E-state index contributed by atoms with van der Waals surface area (Å²) in [5, 5.41) is 2.85. The van der Waals surface area contributed by atoms with Crippen LogP contribution in [0.25, 0.3) is 5.57 Å². The van der Waals surface area contributed by atoms with E-state index in [-0.39, 0.29) is 18.3 Å². The Bertz CT molecular complexity index is 845.